The molecule has 1 aromatic carbocycles. The van der Waals surface area contributed by atoms with Crippen molar-refractivity contribution in [3.8, 4) is 0 Å². The minimum atomic E-state index is 0.166. The van der Waals surface area contributed by atoms with Gasteiger partial charge in [-0.25, -0.2) is 0 Å². The van der Waals surface area contributed by atoms with Crippen LogP contribution in [0.15, 0.2) is 24.3 Å². The molecule has 104 valence electrons. The molecule has 0 aromatic heterocycles. The van der Waals surface area contributed by atoms with Gasteiger partial charge in [0, 0.05) is 12.3 Å². The lowest BCUT2D eigenvalue weighted by atomic mass is 9.78. The van der Waals surface area contributed by atoms with Crippen LogP contribution in [0.2, 0.25) is 0 Å². The molecule has 0 saturated carbocycles. The first-order valence-corrected chi connectivity index (χ1v) is 7.68. The molecular weight excluding hydrogens is 232 g/mol. The number of rotatable bonds is 5. The van der Waals surface area contributed by atoms with E-state index in [1.807, 2.05) is 0 Å². The average Bonchev–Trinajstić information content (AvgIpc) is 2.36. The summed E-state index contributed by atoms with van der Waals surface area (Å²) in [5.74, 6) is 1.82. The Morgan fingerprint density at radius 3 is 2.74 bits per heavy atom. The van der Waals surface area contributed by atoms with Crippen LogP contribution < -0.4 is 0 Å². The SMILES string of the molecule is CC(C)CC(C)CC(=O)C1CCCc2ccccc21. The summed E-state index contributed by atoms with van der Waals surface area (Å²) in [6, 6.07) is 8.51. The molecule has 2 rings (SSSR count). The van der Waals surface area contributed by atoms with E-state index < -0.39 is 0 Å². The molecule has 0 spiro atoms. The van der Waals surface area contributed by atoms with Gasteiger partial charge in [-0.2, -0.15) is 0 Å². The van der Waals surface area contributed by atoms with Crippen molar-refractivity contribution < 1.29 is 4.79 Å². The number of benzene rings is 1. The van der Waals surface area contributed by atoms with Crippen molar-refractivity contribution in [2.75, 3.05) is 0 Å². The standard InChI is InChI=1S/C18H26O/c1-13(2)11-14(3)12-18(19)17-10-6-8-15-7-4-5-9-16(15)17/h4-5,7,9,13-14,17H,6,8,10-12H2,1-3H3. The maximum Gasteiger partial charge on any atom is 0.140 e. The minimum Gasteiger partial charge on any atom is -0.299 e. The van der Waals surface area contributed by atoms with Crippen molar-refractivity contribution in [2.24, 2.45) is 11.8 Å². The molecule has 1 heteroatoms. The summed E-state index contributed by atoms with van der Waals surface area (Å²) in [7, 11) is 0. The van der Waals surface area contributed by atoms with Crippen molar-refractivity contribution in [1.29, 1.82) is 0 Å². The topological polar surface area (TPSA) is 17.1 Å². The quantitative estimate of drug-likeness (QED) is 0.745. The zero-order chi connectivity index (χ0) is 13.8. The van der Waals surface area contributed by atoms with Crippen LogP contribution in [0, 0.1) is 11.8 Å². The van der Waals surface area contributed by atoms with Gasteiger partial charge in [-0.3, -0.25) is 4.79 Å². The van der Waals surface area contributed by atoms with E-state index >= 15 is 0 Å². The molecule has 2 unspecified atom stereocenters. The number of hydrogen-bond donors (Lipinski definition) is 0. The molecule has 1 aliphatic rings. The van der Waals surface area contributed by atoms with Crippen LogP contribution in [0.5, 0.6) is 0 Å². The molecule has 1 aromatic rings. The summed E-state index contributed by atoms with van der Waals surface area (Å²) in [5, 5.41) is 0. The smallest absolute Gasteiger partial charge is 0.140 e. The second-order valence-corrected chi connectivity index (χ2v) is 6.55. The van der Waals surface area contributed by atoms with Gasteiger partial charge in [0.2, 0.25) is 0 Å². The van der Waals surface area contributed by atoms with Crippen LogP contribution in [-0.2, 0) is 11.2 Å². The largest absolute Gasteiger partial charge is 0.299 e. The molecule has 0 N–H and O–H groups in total. The highest BCUT2D eigenvalue weighted by Crippen LogP contribution is 2.34. The van der Waals surface area contributed by atoms with Crippen LogP contribution in [0.3, 0.4) is 0 Å². The van der Waals surface area contributed by atoms with E-state index in [-0.39, 0.29) is 5.92 Å². The van der Waals surface area contributed by atoms with Gasteiger partial charge in [0.1, 0.15) is 5.78 Å². The predicted molar refractivity (Wildman–Crippen MR) is 80.4 cm³/mol. The van der Waals surface area contributed by atoms with Gasteiger partial charge in [-0.1, -0.05) is 45.0 Å². The third-order valence-corrected chi connectivity index (χ3v) is 4.18. The summed E-state index contributed by atoms with van der Waals surface area (Å²) < 4.78 is 0. The Bertz CT molecular complexity index is 433. The Morgan fingerprint density at radius 1 is 1.26 bits per heavy atom. The summed E-state index contributed by atoms with van der Waals surface area (Å²) in [6.07, 6.45) is 5.25. The summed E-state index contributed by atoms with van der Waals surface area (Å²) in [5.41, 5.74) is 2.69. The molecule has 2 atom stereocenters. The fourth-order valence-electron chi connectivity index (χ4n) is 3.46. The fraction of sp³-hybridized carbons (Fsp3) is 0.611. The van der Waals surface area contributed by atoms with Crippen LogP contribution in [0.25, 0.3) is 0 Å². The van der Waals surface area contributed by atoms with Crippen molar-refractivity contribution in [2.45, 2.75) is 58.8 Å². The predicted octanol–water partition coefficient (Wildman–Crippen LogP) is 4.75. The van der Waals surface area contributed by atoms with Gasteiger partial charge in [-0.15, -0.1) is 0 Å². The summed E-state index contributed by atoms with van der Waals surface area (Å²) >= 11 is 0. The molecule has 19 heavy (non-hydrogen) atoms. The van der Waals surface area contributed by atoms with E-state index in [9.17, 15) is 4.79 Å². The first-order chi connectivity index (χ1) is 9.08. The van der Waals surface area contributed by atoms with E-state index in [0.717, 1.165) is 32.1 Å². The number of carbonyl (C=O) groups excluding carboxylic acids is 1. The molecule has 0 bridgehead atoms. The number of ketones is 1. The first-order valence-electron chi connectivity index (χ1n) is 7.68. The van der Waals surface area contributed by atoms with Gasteiger partial charge in [0.25, 0.3) is 0 Å². The highest BCUT2D eigenvalue weighted by Gasteiger charge is 2.26. The minimum absolute atomic E-state index is 0.166. The Kier molecular flexibility index (Phi) is 4.79. The zero-order valence-corrected chi connectivity index (χ0v) is 12.5. The van der Waals surface area contributed by atoms with Crippen LogP contribution >= 0.6 is 0 Å². The Labute approximate surface area is 117 Å². The summed E-state index contributed by atoms with van der Waals surface area (Å²) in [6.45, 7) is 6.68. The molecule has 0 saturated heterocycles. The van der Waals surface area contributed by atoms with E-state index in [4.69, 9.17) is 0 Å². The van der Waals surface area contributed by atoms with Crippen molar-refractivity contribution in [3.63, 3.8) is 0 Å². The van der Waals surface area contributed by atoms with Crippen molar-refractivity contribution in [1.82, 2.24) is 0 Å². The monoisotopic (exact) mass is 258 g/mol. The Balaban J connectivity index is 2.04. The Hall–Kier alpha value is -1.11. The summed E-state index contributed by atoms with van der Waals surface area (Å²) in [4.78, 5) is 12.6. The first kappa shape index (κ1) is 14.3. The van der Waals surface area contributed by atoms with E-state index in [0.29, 0.717) is 17.6 Å². The van der Waals surface area contributed by atoms with Crippen LogP contribution in [0.1, 0.15) is 63.5 Å². The zero-order valence-electron chi connectivity index (χ0n) is 12.5. The van der Waals surface area contributed by atoms with E-state index in [2.05, 4.69) is 45.0 Å². The molecular formula is C18H26O. The molecule has 1 nitrogen and oxygen atoms in total. The van der Waals surface area contributed by atoms with Gasteiger partial charge in [0.15, 0.2) is 0 Å². The second kappa shape index (κ2) is 6.36. The van der Waals surface area contributed by atoms with Gasteiger partial charge < -0.3 is 0 Å². The molecule has 0 fully saturated rings. The number of Topliss-reactive ketones (excluding diaryl/α,β-unsaturated/α-hetero) is 1. The third kappa shape index (κ3) is 3.68. The molecule has 1 aliphatic carbocycles. The number of fused-ring (bicyclic) bond motifs is 1. The lowest BCUT2D eigenvalue weighted by molar-refractivity contribution is -0.121. The number of carbonyl (C=O) groups is 1. The third-order valence-electron chi connectivity index (χ3n) is 4.18. The molecule has 0 aliphatic heterocycles. The highest BCUT2D eigenvalue weighted by atomic mass is 16.1. The van der Waals surface area contributed by atoms with E-state index in [1.54, 1.807) is 0 Å². The van der Waals surface area contributed by atoms with Gasteiger partial charge >= 0.3 is 0 Å². The molecule has 0 amide bonds. The maximum atomic E-state index is 12.6. The number of hydrogen-bond acceptors (Lipinski definition) is 1. The van der Waals surface area contributed by atoms with Crippen LogP contribution in [-0.4, -0.2) is 5.78 Å². The highest BCUT2D eigenvalue weighted by molar-refractivity contribution is 5.86. The lowest BCUT2D eigenvalue weighted by Crippen LogP contribution is -2.20. The molecule has 0 radical (unpaired) electrons. The van der Waals surface area contributed by atoms with Crippen molar-refractivity contribution >= 4 is 5.78 Å². The second-order valence-electron chi connectivity index (χ2n) is 6.55. The van der Waals surface area contributed by atoms with Gasteiger partial charge in [-0.05, 0) is 48.6 Å². The van der Waals surface area contributed by atoms with Gasteiger partial charge in [0.05, 0.1) is 0 Å². The molecule has 0 heterocycles. The lowest BCUT2D eigenvalue weighted by Gasteiger charge is -2.25. The maximum absolute atomic E-state index is 12.6. The normalized spacial score (nSPS) is 20.1. The average molecular weight is 258 g/mol. The number of aryl methyl sites for hydroxylation is 1. The fourth-order valence-corrected chi connectivity index (χ4v) is 3.46. The van der Waals surface area contributed by atoms with Crippen molar-refractivity contribution in [3.05, 3.63) is 35.4 Å². The Morgan fingerprint density at radius 2 is 2.00 bits per heavy atom. The van der Waals surface area contributed by atoms with E-state index in [1.165, 1.54) is 11.1 Å². The van der Waals surface area contributed by atoms with Crippen LogP contribution in [0.4, 0.5) is 0 Å².